The van der Waals surface area contributed by atoms with Crippen LogP contribution in [0.1, 0.15) is 30.9 Å². The van der Waals surface area contributed by atoms with E-state index < -0.39 is 10.0 Å². The van der Waals surface area contributed by atoms with Crippen LogP contribution >= 0.6 is 0 Å². The van der Waals surface area contributed by atoms with E-state index in [1.54, 1.807) is 18.2 Å². The van der Waals surface area contributed by atoms with E-state index in [0.29, 0.717) is 62.3 Å². The number of nitrogens with zero attached hydrogens (tertiary/aromatic N) is 3. The van der Waals surface area contributed by atoms with Crippen LogP contribution in [0.4, 0.5) is 0 Å². The maximum Gasteiger partial charge on any atom is 0.285 e. The van der Waals surface area contributed by atoms with E-state index in [1.165, 1.54) is 0 Å². The number of amides is 1. The van der Waals surface area contributed by atoms with Gasteiger partial charge in [-0.15, -0.1) is 4.40 Å². The summed E-state index contributed by atoms with van der Waals surface area (Å²) in [5, 5.41) is 0. The molecule has 2 aromatic rings. The molecule has 1 atom stereocenters. The van der Waals surface area contributed by atoms with Crippen LogP contribution in [-0.4, -0.2) is 62.8 Å². The summed E-state index contributed by atoms with van der Waals surface area (Å²) < 4.78 is 40.5. The third-order valence-corrected chi connectivity index (χ3v) is 7.71. The van der Waals surface area contributed by atoms with Gasteiger partial charge in [0.05, 0.1) is 5.92 Å². The van der Waals surface area contributed by atoms with Crippen LogP contribution in [0.5, 0.6) is 11.5 Å². The zero-order valence-corrected chi connectivity index (χ0v) is 19.4. The molecule has 0 aromatic heterocycles. The molecule has 0 radical (unpaired) electrons. The zero-order chi connectivity index (χ0) is 23.0. The summed E-state index contributed by atoms with van der Waals surface area (Å²) >= 11 is 0. The largest absolute Gasteiger partial charge is 0.486 e. The molecule has 5 rings (SSSR count). The average molecular weight is 470 g/mol. The van der Waals surface area contributed by atoms with Crippen LogP contribution in [0.15, 0.2) is 51.8 Å². The van der Waals surface area contributed by atoms with Crippen molar-refractivity contribution in [3.05, 3.63) is 53.6 Å². The number of benzene rings is 2. The molecule has 1 fully saturated rings. The Morgan fingerprint density at radius 1 is 1.15 bits per heavy atom. The molecule has 9 heteroatoms. The van der Waals surface area contributed by atoms with Crippen LogP contribution in [0, 0.1) is 5.92 Å². The Kier molecular flexibility index (Phi) is 5.74. The van der Waals surface area contributed by atoms with Gasteiger partial charge in [-0.2, -0.15) is 8.42 Å². The van der Waals surface area contributed by atoms with Crippen molar-refractivity contribution in [3.8, 4) is 11.5 Å². The Balaban J connectivity index is 1.34. The minimum absolute atomic E-state index is 0.0614. The van der Waals surface area contributed by atoms with Gasteiger partial charge in [0.15, 0.2) is 17.3 Å². The van der Waals surface area contributed by atoms with E-state index in [1.807, 2.05) is 41.0 Å². The van der Waals surface area contributed by atoms with Gasteiger partial charge in [0.1, 0.15) is 18.1 Å². The smallest absolute Gasteiger partial charge is 0.285 e. The maximum atomic E-state index is 13.5. The SMILES string of the molecule is CCN(Cc1cccc2c1OCCO2)C(=O)C1CCCN(C2=NS(=O)(=O)c3ccccc32)C1. The van der Waals surface area contributed by atoms with Crippen molar-refractivity contribution in [1.82, 2.24) is 9.80 Å². The number of hydrogen-bond donors (Lipinski definition) is 0. The molecule has 0 aliphatic carbocycles. The molecular formula is C24H27N3O5S. The van der Waals surface area contributed by atoms with Gasteiger partial charge < -0.3 is 19.3 Å². The van der Waals surface area contributed by atoms with E-state index in [4.69, 9.17) is 9.47 Å². The Morgan fingerprint density at radius 3 is 2.82 bits per heavy atom. The fourth-order valence-corrected chi connectivity index (χ4v) is 5.98. The first-order chi connectivity index (χ1) is 16.0. The van der Waals surface area contributed by atoms with Crippen LogP contribution in [-0.2, 0) is 21.4 Å². The fraction of sp³-hybridized carbons (Fsp3) is 0.417. The minimum atomic E-state index is -3.69. The van der Waals surface area contributed by atoms with E-state index in [0.717, 1.165) is 18.4 Å². The monoisotopic (exact) mass is 469 g/mol. The lowest BCUT2D eigenvalue weighted by Crippen LogP contribution is -2.46. The maximum absolute atomic E-state index is 13.5. The lowest BCUT2D eigenvalue weighted by atomic mass is 9.95. The highest BCUT2D eigenvalue weighted by atomic mass is 32.2. The summed E-state index contributed by atoms with van der Waals surface area (Å²) in [6, 6.07) is 12.6. The second-order valence-electron chi connectivity index (χ2n) is 8.47. The summed E-state index contributed by atoms with van der Waals surface area (Å²) in [7, 11) is -3.69. The van der Waals surface area contributed by atoms with Gasteiger partial charge in [-0.3, -0.25) is 4.79 Å². The third-order valence-electron chi connectivity index (χ3n) is 6.39. The predicted octanol–water partition coefficient (Wildman–Crippen LogP) is 2.67. The predicted molar refractivity (Wildman–Crippen MR) is 123 cm³/mol. The lowest BCUT2D eigenvalue weighted by molar-refractivity contribution is -0.137. The first-order valence-electron chi connectivity index (χ1n) is 11.3. The summed E-state index contributed by atoms with van der Waals surface area (Å²) in [5.41, 5.74) is 1.54. The first kappa shape index (κ1) is 21.8. The van der Waals surface area contributed by atoms with Crippen molar-refractivity contribution in [2.45, 2.75) is 31.2 Å². The summed E-state index contributed by atoms with van der Waals surface area (Å²) in [6.07, 6.45) is 1.56. The van der Waals surface area contributed by atoms with Gasteiger partial charge in [-0.25, -0.2) is 0 Å². The number of fused-ring (bicyclic) bond motifs is 2. The van der Waals surface area contributed by atoms with Crippen LogP contribution in [0.2, 0.25) is 0 Å². The number of hydrogen-bond acceptors (Lipinski definition) is 6. The third kappa shape index (κ3) is 4.06. The zero-order valence-electron chi connectivity index (χ0n) is 18.6. The Labute approximate surface area is 193 Å². The highest BCUT2D eigenvalue weighted by Gasteiger charge is 2.36. The molecule has 0 spiro atoms. The van der Waals surface area contributed by atoms with Gasteiger partial charge in [0, 0.05) is 37.3 Å². The fourth-order valence-electron chi connectivity index (χ4n) is 4.76. The Morgan fingerprint density at radius 2 is 1.97 bits per heavy atom. The summed E-state index contributed by atoms with van der Waals surface area (Å²) in [5.74, 6) is 1.71. The molecule has 3 aliphatic heterocycles. The van der Waals surface area contributed by atoms with Crippen molar-refractivity contribution in [2.75, 3.05) is 32.8 Å². The summed E-state index contributed by atoms with van der Waals surface area (Å²) in [4.78, 5) is 17.5. The normalized spacial score (nSPS) is 20.7. The number of piperidine rings is 1. The van der Waals surface area contributed by atoms with Crippen molar-refractivity contribution in [3.63, 3.8) is 0 Å². The average Bonchev–Trinajstić information content (AvgIpc) is 3.13. The molecule has 0 N–H and O–H groups in total. The van der Waals surface area contributed by atoms with Crippen LogP contribution < -0.4 is 9.47 Å². The number of amidine groups is 1. The van der Waals surface area contributed by atoms with Crippen LogP contribution in [0.25, 0.3) is 0 Å². The highest BCUT2D eigenvalue weighted by molar-refractivity contribution is 7.90. The molecule has 3 aliphatic rings. The molecule has 2 aromatic carbocycles. The van der Waals surface area contributed by atoms with Crippen molar-refractivity contribution in [2.24, 2.45) is 10.3 Å². The molecule has 33 heavy (non-hydrogen) atoms. The van der Waals surface area contributed by atoms with Crippen molar-refractivity contribution < 1.29 is 22.7 Å². The number of rotatable bonds is 4. The highest BCUT2D eigenvalue weighted by Crippen LogP contribution is 2.35. The molecule has 3 heterocycles. The van der Waals surface area contributed by atoms with E-state index in [2.05, 4.69) is 4.40 Å². The Hall–Kier alpha value is -3.07. The van der Waals surface area contributed by atoms with Gasteiger partial charge in [-0.1, -0.05) is 24.3 Å². The second-order valence-corrected chi connectivity index (χ2v) is 10.0. The van der Waals surface area contributed by atoms with Crippen LogP contribution in [0.3, 0.4) is 0 Å². The van der Waals surface area contributed by atoms with Gasteiger partial charge in [0.25, 0.3) is 10.0 Å². The van der Waals surface area contributed by atoms with E-state index in [-0.39, 0.29) is 16.7 Å². The molecule has 0 saturated carbocycles. The van der Waals surface area contributed by atoms with Gasteiger partial charge in [-0.05, 0) is 38.0 Å². The minimum Gasteiger partial charge on any atom is -0.486 e. The number of carbonyl (C=O) groups excluding carboxylic acids is 1. The summed E-state index contributed by atoms with van der Waals surface area (Å²) in [6.45, 7) is 5.12. The first-order valence-corrected chi connectivity index (χ1v) is 12.8. The van der Waals surface area contributed by atoms with Gasteiger partial charge >= 0.3 is 0 Å². The molecule has 174 valence electrons. The lowest BCUT2D eigenvalue weighted by Gasteiger charge is -2.36. The molecular weight excluding hydrogens is 442 g/mol. The number of ether oxygens (including phenoxy) is 2. The number of carbonyl (C=O) groups is 1. The second kappa shape index (κ2) is 8.70. The number of para-hydroxylation sites is 1. The Bertz CT molecular complexity index is 1210. The molecule has 0 bridgehead atoms. The van der Waals surface area contributed by atoms with Gasteiger partial charge in [0.2, 0.25) is 5.91 Å². The molecule has 1 amide bonds. The quantitative estimate of drug-likeness (QED) is 0.684. The molecule has 1 unspecified atom stereocenters. The topological polar surface area (TPSA) is 88.5 Å². The van der Waals surface area contributed by atoms with Crippen molar-refractivity contribution >= 4 is 21.8 Å². The number of likely N-dealkylation sites (tertiary alicyclic amines) is 1. The van der Waals surface area contributed by atoms with E-state index >= 15 is 0 Å². The molecule has 8 nitrogen and oxygen atoms in total. The van der Waals surface area contributed by atoms with E-state index in [9.17, 15) is 13.2 Å². The standard InChI is InChI=1S/C24H27N3O5S/c1-2-26(15-17-7-5-10-20-22(17)32-14-13-31-20)24(28)18-8-6-12-27(16-18)23-19-9-3-4-11-21(19)33(29,30)25-23/h3-5,7,9-11,18H,2,6,8,12-16H2,1H3. The molecule has 1 saturated heterocycles. The number of sulfonamides is 1. The van der Waals surface area contributed by atoms with Crippen molar-refractivity contribution in [1.29, 1.82) is 0 Å².